The lowest BCUT2D eigenvalue weighted by molar-refractivity contribution is -0.129. The second kappa shape index (κ2) is 8.36. The van der Waals surface area contributed by atoms with Gasteiger partial charge in [-0.3, -0.25) is 14.6 Å². The van der Waals surface area contributed by atoms with Crippen LogP contribution >= 0.6 is 15.9 Å². The van der Waals surface area contributed by atoms with Gasteiger partial charge in [-0.1, -0.05) is 27.2 Å². The van der Waals surface area contributed by atoms with Crippen LogP contribution in [0.25, 0.3) is 11.5 Å². The molecule has 0 atom stereocenters. The average molecular weight is 395 g/mol. The van der Waals surface area contributed by atoms with Crippen molar-refractivity contribution in [3.05, 3.63) is 34.6 Å². The van der Waals surface area contributed by atoms with Gasteiger partial charge in [0.25, 0.3) is 12.4 Å². The normalized spacial score (nSPS) is 16.2. The minimum absolute atomic E-state index is 0.449. The Morgan fingerprint density at radius 1 is 1.25 bits per heavy atom. The van der Waals surface area contributed by atoms with E-state index in [4.69, 9.17) is 9.26 Å². The Balaban J connectivity index is 1.50. The maximum Gasteiger partial charge on any atom is 0.293 e. The molecule has 128 valence electrons. The van der Waals surface area contributed by atoms with Crippen molar-refractivity contribution in [1.29, 1.82) is 0 Å². The quantitative estimate of drug-likeness (QED) is 0.523. The first kappa shape index (κ1) is 17.1. The molecule has 7 nitrogen and oxygen atoms in total. The maximum atomic E-state index is 10.2. The van der Waals surface area contributed by atoms with Gasteiger partial charge in [-0.25, -0.2) is 0 Å². The number of carbonyl (C=O) groups is 1. The highest BCUT2D eigenvalue weighted by molar-refractivity contribution is 9.10. The van der Waals surface area contributed by atoms with Gasteiger partial charge in [0.2, 0.25) is 0 Å². The molecule has 0 spiro atoms. The highest BCUT2D eigenvalue weighted by Gasteiger charge is 2.19. The van der Waals surface area contributed by atoms with Crippen molar-refractivity contribution in [3.8, 4) is 11.5 Å². The molecule has 0 amide bonds. The van der Waals surface area contributed by atoms with Gasteiger partial charge in [0.05, 0.1) is 6.54 Å². The lowest BCUT2D eigenvalue weighted by Crippen LogP contribution is -2.46. The van der Waals surface area contributed by atoms with Crippen molar-refractivity contribution in [3.63, 3.8) is 0 Å². The number of rotatable bonds is 7. The molecule has 1 aliphatic rings. The smallest absolute Gasteiger partial charge is 0.293 e. The van der Waals surface area contributed by atoms with E-state index in [1.54, 1.807) is 0 Å². The molecule has 0 bridgehead atoms. The lowest BCUT2D eigenvalue weighted by Gasteiger charge is -2.33. The molecule has 0 N–H and O–H groups in total. The topological polar surface area (TPSA) is 71.7 Å². The molecule has 1 saturated heterocycles. The third-order valence-corrected chi connectivity index (χ3v) is 4.46. The molecule has 0 radical (unpaired) electrons. The van der Waals surface area contributed by atoms with Gasteiger partial charge < -0.3 is 9.26 Å². The SMILES string of the molecule is O=COCCN1CCN(Cc2noc(-c3cccc(Br)c3)n2)CC1. The summed E-state index contributed by atoms with van der Waals surface area (Å²) in [5.41, 5.74) is 0.906. The van der Waals surface area contributed by atoms with Gasteiger partial charge in [0.15, 0.2) is 5.82 Å². The number of nitrogens with zero attached hydrogens (tertiary/aromatic N) is 4. The summed E-state index contributed by atoms with van der Waals surface area (Å²) in [4.78, 5) is 19.2. The third kappa shape index (κ3) is 4.62. The Kier molecular flexibility index (Phi) is 5.95. The summed E-state index contributed by atoms with van der Waals surface area (Å²) in [5.74, 6) is 1.23. The van der Waals surface area contributed by atoms with E-state index < -0.39 is 0 Å². The van der Waals surface area contributed by atoms with Gasteiger partial charge in [0.1, 0.15) is 6.61 Å². The Labute approximate surface area is 148 Å². The zero-order valence-electron chi connectivity index (χ0n) is 13.2. The number of halogens is 1. The predicted octanol–water partition coefficient (Wildman–Crippen LogP) is 1.79. The van der Waals surface area contributed by atoms with Gasteiger partial charge in [-0.2, -0.15) is 4.98 Å². The second-order valence-corrected chi connectivity index (χ2v) is 6.53. The molecule has 1 aromatic heterocycles. The van der Waals surface area contributed by atoms with Crippen LogP contribution in [-0.2, 0) is 16.1 Å². The Bertz CT molecular complexity index is 671. The van der Waals surface area contributed by atoms with Crippen LogP contribution in [0.15, 0.2) is 33.3 Å². The first-order valence-electron chi connectivity index (χ1n) is 7.83. The number of benzene rings is 1. The molecule has 0 saturated carbocycles. The molecule has 1 fully saturated rings. The fourth-order valence-electron chi connectivity index (χ4n) is 2.66. The second-order valence-electron chi connectivity index (χ2n) is 5.61. The summed E-state index contributed by atoms with van der Waals surface area (Å²) in [6, 6.07) is 7.80. The fourth-order valence-corrected chi connectivity index (χ4v) is 3.06. The number of ether oxygens (including phenoxy) is 1. The van der Waals surface area contributed by atoms with Crippen LogP contribution in [0.2, 0.25) is 0 Å². The standard InChI is InChI=1S/C16H19BrN4O3/c17-14-3-1-2-13(10-14)16-18-15(19-24-16)11-21-6-4-20(5-7-21)8-9-23-12-22/h1-3,10,12H,4-9,11H2. The van der Waals surface area contributed by atoms with Crippen molar-refractivity contribution >= 4 is 22.4 Å². The first-order chi connectivity index (χ1) is 11.7. The minimum Gasteiger partial charge on any atom is -0.467 e. The van der Waals surface area contributed by atoms with Gasteiger partial charge in [-0.05, 0) is 18.2 Å². The summed E-state index contributed by atoms with van der Waals surface area (Å²) in [5, 5.41) is 4.08. The monoisotopic (exact) mass is 394 g/mol. The molecule has 1 aromatic carbocycles. The van der Waals surface area contributed by atoms with E-state index >= 15 is 0 Å². The van der Waals surface area contributed by atoms with E-state index in [9.17, 15) is 4.79 Å². The molecule has 0 aliphatic carbocycles. The minimum atomic E-state index is 0.449. The van der Waals surface area contributed by atoms with Crippen LogP contribution in [0.1, 0.15) is 5.82 Å². The third-order valence-electron chi connectivity index (χ3n) is 3.96. The Morgan fingerprint density at radius 3 is 2.79 bits per heavy atom. The van der Waals surface area contributed by atoms with Crippen LogP contribution < -0.4 is 0 Å². The fraction of sp³-hybridized carbons (Fsp3) is 0.438. The van der Waals surface area contributed by atoms with Crippen LogP contribution in [0, 0.1) is 0 Å². The van der Waals surface area contributed by atoms with Crippen molar-refractivity contribution in [2.75, 3.05) is 39.3 Å². The van der Waals surface area contributed by atoms with E-state index in [2.05, 4.69) is 35.9 Å². The highest BCUT2D eigenvalue weighted by Crippen LogP contribution is 2.21. The highest BCUT2D eigenvalue weighted by atomic mass is 79.9. The molecular formula is C16H19BrN4O3. The molecule has 0 unspecified atom stereocenters. The summed E-state index contributed by atoms with van der Waals surface area (Å²) in [7, 11) is 0. The molecule has 3 rings (SSSR count). The molecule has 1 aliphatic heterocycles. The molecule has 24 heavy (non-hydrogen) atoms. The maximum absolute atomic E-state index is 10.2. The summed E-state index contributed by atoms with van der Waals surface area (Å²) in [6.45, 7) is 6.15. The van der Waals surface area contributed by atoms with E-state index in [0.29, 0.717) is 31.3 Å². The summed E-state index contributed by atoms with van der Waals surface area (Å²) >= 11 is 3.44. The van der Waals surface area contributed by atoms with Gasteiger partial charge in [0, 0.05) is 42.8 Å². The molecule has 8 heteroatoms. The number of hydrogen-bond acceptors (Lipinski definition) is 7. The zero-order chi connectivity index (χ0) is 16.8. The van der Waals surface area contributed by atoms with Crippen LogP contribution in [0.3, 0.4) is 0 Å². The largest absolute Gasteiger partial charge is 0.467 e. The molecular weight excluding hydrogens is 376 g/mol. The average Bonchev–Trinajstić information content (AvgIpc) is 3.05. The van der Waals surface area contributed by atoms with E-state index in [1.807, 2.05) is 24.3 Å². The first-order valence-corrected chi connectivity index (χ1v) is 8.62. The van der Waals surface area contributed by atoms with Crippen LogP contribution in [-0.4, -0.2) is 65.7 Å². The van der Waals surface area contributed by atoms with Crippen molar-refractivity contribution in [2.45, 2.75) is 6.54 Å². The van der Waals surface area contributed by atoms with Crippen LogP contribution in [0.5, 0.6) is 0 Å². The van der Waals surface area contributed by atoms with E-state index in [0.717, 1.165) is 42.8 Å². The van der Waals surface area contributed by atoms with Gasteiger partial charge in [-0.15, -0.1) is 0 Å². The van der Waals surface area contributed by atoms with Crippen LogP contribution in [0.4, 0.5) is 0 Å². The lowest BCUT2D eigenvalue weighted by atomic mass is 10.2. The molecule has 2 aromatic rings. The van der Waals surface area contributed by atoms with E-state index in [-0.39, 0.29) is 0 Å². The zero-order valence-corrected chi connectivity index (χ0v) is 14.8. The summed E-state index contributed by atoms with van der Waals surface area (Å²) < 4.78 is 11.1. The number of hydrogen-bond donors (Lipinski definition) is 0. The van der Waals surface area contributed by atoms with Crippen molar-refractivity contribution in [1.82, 2.24) is 19.9 Å². The number of piperazine rings is 1. The van der Waals surface area contributed by atoms with Crippen molar-refractivity contribution in [2.24, 2.45) is 0 Å². The molecule has 2 heterocycles. The number of aromatic nitrogens is 2. The van der Waals surface area contributed by atoms with Gasteiger partial charge >= 0.3 is 0 Å². The van der Waals surface area contributed by atoms with E-state index in [1.165, 1.54) is 0 Å². The predicted molar refractivity (Wildman–Crippen MR) is 91.2 cm³/mol. The Hall–Kier alpha value is -1.77. The van der Waals surface area contributed by atoms with Crippen molar-refractivity contribution < 1.29 is 14.1 Å². The summed E-state index contributed by atoms with van der Waals surface area (Å²) in [6.07, 6.45) is 0. The Morgan fingerprint density at radius 2 is 2.04 bits per heavy atom. The number of carbonyl (C=O) groups excluding carboxylic acids is 1.